The number of carbonyl (C=O) groups excluding carboxylic acids is 2. The van der Waals surface area contributed by atoms with Crippen LogP contribution in [0.3, 0.4) is 0 Å². The second-order valence-electron chi connectivity index (χ2n) is 6.76. The summed E-state index contributed by atoms with van der Waals surface area (Å²) >= 11 is 0. The SMILES string of the molecule is C/C=C/CNC(=O)[C@H](Cc1cc(F)cc(F)c1)NC(=O)/C=C/C1CCCC1. The molecule has 4 nitrogen and oxygen atoms in total. The quantitative estimate of drug-likeness (QED) is 0.539. The second kappa shape index (κ2) is 10.6. The number of rotatable bonds is 8. The zero-order valence-electron chi connectivity index (χ0n) is 15.5. The molecule has 1 fully saturated rings. The van der Waals surface area contributed by atoms with Gasteiger partial charge in [-0.15, -0.1) is 0 Å². The van der Waals surface area contributed by atoms with E-state index in [0.29, 0.717) is 18.0 Å². The van der Waals surface area contributed by atoms with Crippen LogP contribution in [0.4, 0.5) is 8.78 Å². The summed E-state index contributed by atoms with van der Waals surface area (Å²) in [6.45, 7) is 2.14. The Morgan fingerprint density at radius 1 is 1.19 bits per heavy atom. The molecule has 1 aliphatic carbocycles. The molecule has 0 spiro atoms. The van der Waals surface area contributed by atoms with E-state index >= 15 is 0 Å². The molecule has 1 aromatic carbocycles. The number of allylic oxidation sites excluding steroid dienone is 2. The fourth-order valence-electron chi connectivity index (χ4n) is 3.17. The molecule has 6 heteroatoms. The lowest BCUT2D eigenvalue weighted by molar-refractivity contribution is -0.126. The minimum absolute atomic E-state index is 0.000634. The first-order valence-corrected chi connectivity index (χ1v) is 9.30. The van der Waals surface area contributed by atoms with Crippen LogP contribution < -0.4 is 10.6 Å². The Labute approximate surface area is 158 Å². The third-order valence-electron chi connectivity index (χ3n) is 4.54. The molecule has 2 amide bonds. The van der Waals surface area contributed by atoms with Crippen LogP contribution >= 0.6 is 0 Å². The predicted octanol–water partition coefficient (Wildman–Crippen LogP) is 3.43. The average Bonchev–Trinajstić information content (AvgIpc) is 3.12. The number of halogens is 2. The van der Waals surface area contributed by atoms with Crippen molar-refractivity contribution >= 4 is 11.8 Å². The zero-order valence-corrected chi connectivity index (χ0v) is 15.5. The molecule has 1 aromatic rings. The molecule has 1 saturated carbocycles. The lowest BCUT2D eigenvalue weighted by Gasteiger charge is -2.18. The van der Waals surface area contributed by atoms with Crippen LogP contribution in [-0.2, 0) is 16.0 Å². The largest absolute Gasteiger partial charge is 0.351 e. The lowest BCUT2D eigenvalue weighted by atomic mass is 10.0. The molecule has 0 heterocycles. The number of nitrogens with one attached hydrogen (secondary N) is 2. The monoisotopic (exact) mass is 376 g/mol. The van der Waals surface area contributed by atoms with E-state index in [2.05, 4.69) is 10.6 Å². The van der Waals surface area contributed by atoms with Crippen molar-refractivity contribution in [2.45, 2.75) is 45.1 Å². The summed E-state index contributed by atoms with van der Waals surface area (Å²) in [6.07, 6.45) is 11.3. The Hall–Kier alpha value is -2.50. The van der Waals surface area contributed by atoms with Gasteiger partial charge in [-0.05, 0) is 49.5 Å². The molecule has 2 N–H and O–H groups in total. The number of carbonyl (C=O) groups is 2. The first kappa shape index (κ1) is 20.8. The summed E-state index contributed by atoms with van der Waals surface area (Å²) in [6, 6.07) is 2.18. The van der Waals surface area contributed by atoms with Crippen LogP contribution in [0.1, 0.15) is 38.2 Å². The van der Waals surface area contributed by atoms with E-state index in [-0.39, 0.29) is 12.3 Å². The smallest absolute Gasteiger partial charge is 0.244 e. The van der Waals surface area contributed by atoms with Gasteiger partial charge >= 0.3 is 0 Å². The van der Waals surface area contributed by atoms with Gasteiger partial charge < -0.3 is 10.6 Å². The highest BCUT2D eigenvalue weighted by atomic mass is 19.1. The molecule has 0 aromatic heterocycles. The van der Waals surface area contributed by atoms with Gasteiger partial charge in [0.15, 0.2) is 0 Å². The average molecular weight is 376 g/mol. The highest BCUT2D eigenvalue weighted by molar-refractivity contribution is 5.93. The van der Waals surface area contributed by atoms with Crippen molar-refractivity contribution in [1.29, 1.82) is 0 Å². The van der Waals surface area contributed by atoms with E-state index in [0.717, 1.165) is 43.9 Å². The van der Waals surface area contributed by atoms with Crippen LogP contribution in [0.2, 0.25) is 0 Å². The van der Waals surface area contributed by atoms with Crippen molar-refractivity contribution in [3.8, 4) is 0 Å². The number of benzene rings is 1. The lowest BCUT2D eigenvalue weighted by Crippen LogP contribution is -2.47. The maximum absolute atomic E-state index is 13.4. The fraction of sp³-hybridized carbons (Fsp3) is 0.429. The molecular weight excluding hydrogens is 350 g/mol. The Balaban J connectivity index is 2.05. The van der Waals surface area contributed by atoms with Crippen molar-refractivity contribution in [1.82, 2.24) is 10.6 Å². The van der Waals surface area contributed by atoms with Crippen LogP contribution in [0, 0.1) is 17.6 Å². The van der Waals surface area contributed by atoms with Crippen molar-refractivity contribution < 1.29 is 18.4 Å². The van der Waals surface area contributed by atoms with Gasteiger partial charge in [-0.1, -0.05) is 31.1 Å². The van der Waals surface area contributed by atoms with Gasteiger partial charge in [0.05, 0.1) is 0 Å². The van der Waals surface area contributed by atoms with Crippen LogP contribution in [0.15, 0.2) is 42.5 Å². The first-order chi connectivity index (χ1) is 13.0. The maximum Gasteiger partial charge on any atom is 0.244 e. The highest BCUT2D eigenvalue weighted by Crippen LogP contribution is 2.25. The molecule has 0 bridgehead atoms. The van der Waals surface area contributed by atoms with Crippen LogP contribution in [-0.4, -0.2) is 24.4 Å². The molecule has 0 aliphatic heterocycles. The first-order valence-electron chi connectivity index (χ1n) is 9.30. The van der Waals surface area contributed by atoms with Gasteiger partial charge in [-0.25, -0.2) is 8.78 Å². The maximum atomic E-state index is 13.4. The Morgan fingerprint density at radius 3 is 2.48 bits per heavy atom. The molecular formula is C21H26F2N2O2. The van der Waals surface area contributed by atoms with Crippen molar-refractivity contribution in [2.75, 3.05) is 6.54 Å². The minimum Gasteiger partial charge on any atom is -0.351 e. The van der Waals surface area contributed by atoms with E-state index in [1.54, 1.807) is 12.2 Å². The van der Waals surface area contributed by atoms with Gasteiger partial charge in [0, 0.05) is 19.0 Å². The van der Waals surface area contributed by atoms with E-state index in [1.165, 1.54) is 6.08 Å². The zero-order chi connectivity index (χ0) is 19.6. The van der Waals surface area contributed by atoms with Crippen LogP contribution in [0.25, 0.3) is 0 Å². The number of hydrogen-bond acceptors (Lipinski definition) is 2. The van der Waals surface area contributed by atoms with Gasteiger partial charge in [-0.2, -0.15) is 0 Å². The molecule has 2 rings (SSSR count). The molecule has 0 unspecified atom stereocenters. The summed E-state index contributed by atoms with van der Waals surface area (Å²) in [5.74, 6) is -1.82. The Kier molecular flexibility index (Phi) is 8.17. The third kappa shape index (κ3) is 7.33. The van der Waals surface area contributed by atoms with Crippen molar-refractivity contribution in [3.05, 3.63) is 59.7 Å². The number of amides is 2. The van der Waals surface area contributed by atoms with Crippen molar-refractivity contribution in [2.24, 2.45) is 5.92 Å². The predicted molar refractivity (Wildman–Crippen MR) is 101 cm³/mol. The Bertz CT molecular complexity index is 690. The standard InChI is InChI=1S/C21H26F2N2O2/c1-2-3-10-24-21(27)19(13-16-11-17(22)14-18(23)12-16)25-20(26)9-8-15-6-4-5-7-15/h2-3,8-9,11-12,14-15,19H,4-7,10,13H2,1H3,(H,24,27)(H,25,26)/b3-2+,9-8+/t19-/m0/s1. The van der Waals surface area contributed by atoms with Crippen LogP contribution in [0.5, 0.6) is 0 Å². The molecule has 1 atom stereocenters. The van der Waals surface area contributed by atoms with E-state index in [1.807, 2.05) is 13.0 Å². The molecule has 0 saturated heterocycles. The Morgan fingerprint density at radius 2 is 1.85 bits per heavy atom. The highest BCUT2D eigenvalue weighted by Gasteiger charge is 2.21. The summed E-state index contributed by atoms with van der Waals surface area (Å²) in [5.41, 5.74) is 0.304. The van der Waals surface area contributed by atoms with E-state index in [9.17, 15) is 18.4 Å². The topological polar surface area (TPSA) is 58.2 Å². The summed E-state index contributed by atoms with van der Waals surface area (Å²) < 4.78 is 26.9. The summed E-state index contributed by atoms with van der Waals surface area (Å²) in [4.78, 5) is 24.6. The molecule has 1 aliphatic rings. The van der Waals surface area contributed by atoms with Gasteiger partial charge in [0.2, 0.25) is 11.8 Å². The number of hydrogen-bond donors (Lipinski definition) is 2. The molecule has 27 heavy (non-hydrogen) atoms. The second-order valence-corrected chi connectivity index (χ2v) is 6.76. The van der Waals surface area contributed by atoms with Gasteiger partial charge in [0.25, 0.3) is 0 Å². The molecule has 146 valence electrons. The van der Waals surface area contributed by atoms with Gasteiger partial charge in [0.1, 0.15) is 17.7 Å². The van der Waals surface area contributed by atoms with Crippen molar-refractivity contribution in [3.63, 3.8) is 0 Å². The summed E-state index contributed by atoms with van der Waals surface area (Å²) in [5, 5.41) is 5.33. The molecule has 0 radical (unpaired) electrons. The van der Waals surface area contributed by atoms with E-state index < -0.39 is 23.6 Å². The third-order valence-corrected chi connectivity index (χ3v) is 4.54. The normalized spacial score (nSPS) is 16.1. The fourth-order valence-corrected chi connectivity index (χ4v) is 3.17. The minimum atomic E-state index is -0.919. The summed E-state index contributed by atoms with van der Waals surface area (Å²) in [7, 11) is 0. The van der Waals surface area contributed by atoms with E-state index in [4.69, 9.17) is 0 Å². The van der Waals surface area contributed by atoms with Gasteiger partial charge in [-0.3, -0.25) is 9.59 Å².